The van der Waals surface area contributed by atoms with Crippen molar-refractivity contribution in [3.8, 4) is 0 Å². The molecule has 0 saturated heterocycles. The largest absolute Gasteiger partial charge is 0.291 e. The van der Waals surface area contributed by atoms with E-state index in [1.54, 1.807) is 39.0 Å². The first-order chi connectivity index (χ1) is 8.21. The zero-order valence-electron chi connectivity index (χ0n) is 10.2. The number of carbonyl (C=O) groups excluding carboxylic acids is 1. The molecule has 0 bridgehead atoms. The molecule has 0 unspecified atom stereocenters. The molecular formula is C12H13Cl3N2O. The first-order valence-electron chi connectivity index (χ1n) is 5.21. The second kappa shape index (κ2) is 5.91. The zero-order chi connectivity index (χ0) is 13.9. The molecule has 3 nitrogen and oxygen atoms in total. The van der Waals surface area contributed by atoms with Crippen LogP contribution >= 0.6 is 34.8 Å². The number of nitrogens with one attached hydrogen (secondary N) is 1. The van der Waals surface area contributed by atoms with E-state index in [2.05, 4.69) is 10.5 Å². The van der Waals surface area contributed by atoms with Gasteiger partial charge in [-0.2, -0.15) is 5.10 Å². The fourth-order valence-corrected chi connectivity index (χ4v) is 1.66. The van der Waals surface area contributed by atoms with Crippen LogP contribution < -0.4 is 5.43 Å². The van der Waals surface area contributed by atoms with E-state index in [-0.39, 0.29) is 11.0 Å². The highest BCUT2D eigenvalue weighted by atomic mass is 35.5. The molecule has 0 saturated carbocycles. The van der Waals surface area contributed by atoms with Gasteiger partial charge in [-0.15, -0.1) is 0 Å². The number of rotatable bonds is 3. The van der Waals surface area contributed by atoms with E-state index in [9.17, 15) is 4.79 Å². The van der Waals surface area contributed by atoms with Gasteiger partial charge in [0.2, 0.25) is 0 Å². The van der Waals surface area contributed by atoms with Gasteiger partial charge in [0.15, 0.2) is 11.0 Å². The van der Waals surface area contributed by atoms with Crippen LogP contribution in [0, 0.1) is 5.41 Å². The predicted octanol–water partition coefficient (Wildman–Crippen LogP) is 4.57. The lowest BCUT2D eigenvalue weighted by Gasteiger charge is -2.14. The molecule has 1 aromatic carbocycles. The van der Waals surface area contributed by atoms with Crippen LogP contribution in [-0.4, -0.2) is 11.0 Å². The maximum atomic E-state index is 11.8. The lowest BCUT2D eigenvalue weighted by molar-refractivity contribution is -0.119. The number of hydrogen-bond acceptors (Lipinski definition) is 3. The summed E-state index contributed by atoms with van der Waals surface area (Å²) in [5.74, 6) is -0.239. The minimum absolute atomic E-state index is 0.103. The van der Waals surface area contributed by atoms with Crippen molar-refractivity contribution in [3.05, 3.63) is 28.2 Å². The molecule has 6 heteroatoms. The van der Waals surface area contributed by atoms with Crippen molar-refractivity contribution in [1.82, 2.24) is 0 Å². The van der Waals surface area contributed by atoms with Crippen molar-refractivity contribution >= 4 is 51.4 Å². The van der Waals surface area contributed by atoms with Crippen LogP contribution in [0.3, 0.4) is 0 Å². The minimum Gasteiger partial charge on any atom is -0.291 e. The van der Waals surface area contributed by atoms with E-state index in [0.717, 1.165) is 0 Å². The molecule has 18 heavy (non-hydrogen) atoms. The van der Waals surface area contributed by atoms with Gasteiger partial charge in [0.25, 0.3) is 0 Å². The summed E-state index contributed by atoms with van der Waals surface area (Å²) in [6.45, 7) is 5.31. The summed E-state index contributed by atoms with van der Waals surface area (Å²) >= 11 is 17.4. The molecule has 0 aliphatic carbocycles. The van der Waals surface area contributed by atoms with Crippen LogP contribution in [0.1, 0.15) is 20.8 Å². The van der Waals surface area contributed by atoms with Crippen molar-refractivity contribution in [2.45, 2.75) is 20.8 Å². The third-order valence-electron chi connectivity index (χ3n) is 2.07. The number of ketones is 1. The Labute approximate surface area is 121 Å². The first-order valence-corrected chi connectivity index (χ1v) is 6.34. The summed E-state index contributed by atoms with van der Waals surface area (Å²) in [6.07, 6.45) is 0. The Morgan fingerprint density at radius 1 is 1.22 bits per heavy atom. The van der Waals surface area contributed by atoms with Crippen molar-refractivity contribution in [1.29, 1.82) is 0 Å². The van der Waals surface area contributed by atoms with Gasteiger partial charge < -0.3 is 0 Å². The SMILES string of the molecule is CC(C)(C)C(=O)/C(Cl)=N\Nc1ccc(Cl)c(Cl)c1. The Bertz CT molecular complexity index is 493. The molecule has 0 heterocycles. The van der Waals surface area contributed by atoms with E-state index in [4.69, 9.17) is 34.8 Å². The van der Waals surface area contributed by atoms with Gasteiger partial charge in [0.05, 0.1) is 15.7 Å². The average Bonchev–Trinajstić information content (AvgIpc) is 2.28. The molecule has 0 spiro atoms. The highest BCUT2D eigenvalue weighted by Gasteiger charge is 2.25. The van der Waals surface area contributed by atoms with Crippen LogP contribution in [-0.2, 0) is 4.79 Å². The zero-order valence-corrected chi connectivity index (χ0v) is 12.5. The molecule has 0 aromatic heterocycles. The van der Waals surface area contributed by atoms with E-state index in [0.29, 0.717) is 15.7 Å². The molecule has 98 valence electrons. The van der Waals surface area contributed by atoms with Crippen LogP contribution in [0.2, 0.25) is 10.0 Å². The molecular weight excluding hydrogens is 295 g/mol. The van der Waals surface area contributed by atoms with Crippen LogP contribution in [0.25, 0.3) is 0 Å². The molecule has 0 amide bonds. The summed E-state index contributed by atoms with van der Waals surface area (Å²) in [5, 5.41) is 4.55. The smallest absolute Gasteiger partial charge is 0.199 e. The Balaban J connectivity index is 2.80. The summed E-state index contributed by atoms with van der Waals surface area (Å²) in [5.41, 5.74) is 2.69. The quantitative estimate of drug-likeness (QED) is 0.656. The minimum atomic E-state index is -0.570. The Kier molecular flexibility index (Phi) is 5.02. The fourth-order valence-electron chi connectivity index (χ4n) is 1.04. The van der Waals surface area contributed by atoms with Crippen molar-refractivity contribution in [2.75, 3.05) is 5.43 Å². The third kappa shape index (κ3) is 4.16. The number of anilines is 1. The van der Waals surface area contributed by atoms with Crippen molar-refractivity contribution in [2.24, 2.45) is 10.5 Å². The summed E-state index contributed by atoms with van der Waals surface area (Å²) in [6, 6.07) is 4.91. The number of carbonyl (C=O) groups is 1. The fraction of sp³-hybridized carbons (Fsp3) is 0.333. The molecule has 1 N–H and O–H groups in total. The van der Waals surface area contributed by atoms with E-state index < -0.39 is 5.41 Å². The first kappa shape index (κ1) is 15.3. The number of hydrazone groups is 1. The number of nitrogens with zero attached hydrogens (tertiary/aromatic N) is 1. The van der Waals surface area contributed by atoms with Gasteiger partial charge in [0.1, 0.15) is 0 Å². The van der Waals surface area contributed by atoms with Crippen LogP contribution in [0.5, 0.6) is 0 Å². The van der Waals surface area contributed by atoms with E-state index in [1.165, 1.54) is 0 Å². The molecule has 0 aliphatic heterocycles. The second-order valence-electron chi connectivity index (χ2n) is 4.72. The van der Waals surface area contributed by atoms with Gasteiger partial charge in [0, 0.05) is 5.41 Å². The molecule has 0 atom stereocenters. The van der Waals surface area contributed by atoms with Gasteiger partial charge >= 0.3 is 0 Å². The Hall–Kier alpha value is -0.770. The van der Waals surface area contributed by atoms with Gasteiger partial charge in [-0.3, -0.25) is 10.2 Å². The van der Waals surface area contributed by atoms with E-state index in [1.807, 2.05) is 0 Å². The van der Waals surface area contributed by atoms with Crippen LogP contribution in [0.4, 0.5) is 5.69 Å². The molecule has 0 aliphatic rings. The van der Waals surface area contributed by atoms with E-state index >= 15 is 0 Å². The van der Waals surface area contributed by atoms with Crippen molar-refractivity contribution < 1.29 is 4.79 Å². The van der Waals surface area contributed by atoms with Gasteiger partial charge in [-0.05, 0) is 18.2 Å². The number of hydrogen-bond donors (Lipinski definition) is 1. The number of benzene rings is 1. The lowest BCUT2D eigenvalue weighted by atomic mass is 9.91. The molecule has 1 rings (SSSR count). The summed E-state index contributed by atoms with van der Waals surface area (Å²) < 4.78 is 0. The van der Waals surface area contributed by atoms with Gasteiger partial charge in [-0.1, -0.05) is 55.6 Å². The highest BCUT2D eigenvalue weighted by Crippen LogP contribution is 2.25. The lowest BCUT2D eigenvalue weighted by Crippen LogP contribution is -2.26. The number of halogens is 3. The van der Waals surface area contributed by atoms with Crippen molar-refractivity contribution in [3.63, 3.8) is 0 Å². The molecule has 1 aromatic rings. The molecule has 0 fully saturated rings. The Morgan fingerprint density at radius 2 is 1.83 bits per heavy atom. The maximum absolute atomic E-state index is 11.8. The standard InChI is InChI=1S/C12H13Cl3N2O/c1-12(2,3)10(18)11(15)17-16-7-4-5-8(13)9(14)6-7/h4-6,16H,1-3H3/b17-11+. The number of Topliss-reactive ketones (excluding diaryl/α,β-unsaturated/α-hetero) is 1. The predicted molar refractivity (Wildman–Crippen MR) is 77.8 cm³/mol. The second-order valence-corrected chi connectivity index (χ2v) is 5.89. The topological polar surface area (TPSA) is 41.5 Å². The monoisotopic (exact) mass is 306 g/mol. The van der Waals surface area contributed by atoms with Crippen LogP contribution in [0.15, 0.2) is 23.3 Å². The summed E-state index contributed by atoms with van der Waals surface area (Å²) in [7, 11) is 0. The normalized spacial score (nSPS) is 12.4. The van der Waals surface area contributed by atoms with Gasteiger partial charge in [-0.25, -0.2) is 0 Å². The maximum Gasteiger partial charge on any atom is 0.199 e. The average molecular weight is 308 g/mol. The Morgan fingerprint density at radius 3 is 2.33 bits per heavy atom. The summed E-state index contributed by atoms with van der Waals surface area (Å²) in [4.78, 5) is 11.8. The highest BCUT2D eigenvalue weighted by molar-refractivity contribution is 6.83. The third-order valence-corrected chi connectivity index (χ3v) is 3.07. The molecule has 0 radical (unpaired) electrons.